The summed E-state index contributed by atoms with van der Waals surface area (Å²) < 4.78 is 10.5. The van der Waals surface area contributed by atoms with Gasteiger partial charge in [-0.15, -0.1) is 0 Å². The molecule has 0 amide bonds. The molecular weight excluding hydrogens is 596 g/mol. The van der Waals surface area contributed by atoms with Gasteiger partial charge in [0.2, 0.25) is 0 Å². The first-order chi connectivity index (χ1) is 23.6. The van der Waals surface area contributed by atoms with Crippen molar-refractivity contribution in [3.63, 3.8) is 0 Å². The maximum absolute atomic E-state index is 12.1. The van der Waals surface area contributed by atoms with E-state index in [-0.39, 0.29) is 31.6 Å². The Morgan fingerprint density at radius 1 is 0.500 bits per heavy atom. The first kappa shape index (κ1) is 45.1. The maximum Gasteiger partial charge on any atom is 0.306 e. The van der Waals surface area contributed by atoms with Gasteiger partial charge in [-0.05, 0) is 77.0 Å². The monoisotopic (exact) mass is 667 g/mol. The number of hydrogen-bond acceptors (Lipinski definition) is 5. The molecular formula is C43H70O5. The molecule has 5 heteroatoms. The molecule has 272 valence electrons. The van der Waals surface area contributed by atoms with Gasteiger partial charge in [-0.2, -0.15) is 0 Å². The summed E-state index contributed by atoms with van der Waals surface area (Å²) in [5.74, 6) is -0.706. The third kappa shape index (κ3) is 35.9. The molecule has 0 heterocycles. The third-order valence-electron chi connectivity index (χ3n) is 7.69. The highest BCUT2D eigenvalue weighted by molar-refractivity contribution is 5.70. The average Bonchev–Trinajstić information content (AvgIpc) is 3.09. The van der Waals surface area contributed by atoms with Crippen LogP contribution in [0.25, 0.3) is 0 Å². The van der Waals surface area contributed by atoms with Crippen molar-refractivity contribution in [3.8, 4) is 0 Å². The standard InChI is InChI=1S/C43H70O5/c1-3-5-7-9-11-13-15-17-19-20-21-22-24-25-27-29-31-33-35-37-42(45)47-40-41(39-44)48-43(46)38-36-34-32-30-28-26-23-18-16-14-12-10-8-6-4-2/h5,7,11,13,17-19,21-23,25,27,31,33,41,44H,3-4,6,8-10,12,14-16,20,24,26,28-30,32,34-40H2,1-2H3/b7-5+,13-11+,19-17+,22-21+,23-18-,27-25+,33-31+/t41-/m1/s1. The van der Waals surface area contributed by atoms with E-state index in [1.807, 2.05) is 12.2 Å². The number of aliphatic hydroxyl groups excluding tert-OH is 1. The van der Waals surface area contributed by atoms with Crippen molar-refractivity contribution >= 4 is 11.9 Å². The summed E-state index contributed by atoms with van der Waals surface area (Å²) in [5.41, 5.74) is 0. The maximum atomic E-state index is 12.1. The normalized spacial score (nSPS) is 13.1. The van der Waals surface area contributed by atoms with E-state index in [9.17, 15) is 14.7 Å². The van der Waals surface area contributed by atoms with Crippen LogP contribution in [-0.4, -0.2) is 36.4 Å². The van der Waals surface area contributed by atoms with Gasteiger partial charge in [0.1, 0.15) is 6.61 Å². The van der Waals surface area contributed by atoms with Crippen LogP contribution in [0.3, 0.4) is 0 Å². The number of allylic oxidation sites excluding steroid dienone is 14. The highest BCUT2D eigenvalue weighted by atomic mass is 16.6. The predicted molar refractivity (Wildman–Crippen MR) is 205 cm³/mol. The minimum absolute atomic E-state index is 0.114. The lowest BCUT2D eigenvalue weighted by molar-refractivity contribution is -0.161. The molecule has 0 saturated heterocycles. The summed E-state index contributed by atoms with van der Waals surface area (Å²) in [4.78, 5) is 24.2. The van der Waals surface area contributed by atoms with Crippen LogP contribution in [0.1, 0.15) is 155 Å². The highest BCUT2D eigenvalue weighted by Crippen LogP contribution is 2.11. The van der Waals surface area contributed by atoms with Crippen LogP contribution in [0.15, 0.2) is 85.1 Å². The van der Waals surface area contributed by atoms with Gasteiger partial charge in [-0.1, -0.05) is 150 Å². The zero-order chi connectivity index (χ0) is 35.0. The number of rotatable bonds is 33. The molecule has 0 unspecified atom stereocenters. The predicted octanol–water partition coefficient (Wildman–Crippen LogP) is 11.9. The minimum Gasteiger partial charge on any atom is -0.462 e. The quantitative estimate of drug-likeness (QED) is 0.0429. The van der Waals surface area contributed by atoms with Crippen molar-refractivity contribution in [1.82, 2.24) is 0 Å². The summed E-state index contributed by atoms with van der Waals surface area (Å²) in [6, 6.07) is 0. The van der Waals surface area contributed by atoms with E-state index in [0.29, 0.717) is 12.8 Å². The smallest absolute Gasteiger partial charge is 0.306 e. The Morgan fingerprint density at radius 3 is 1.44 bits per heavy atom. The molecule has 0 saturated carbocycles. The SMILES string of the molecule is CC/C=C/C/C=C/C/C=C/C/C=C/C/C=C/C/C=C/CCC(=O)OC[C@@H](CO)OC(=O)CCCCCCC/C=C\CCCCCCCC. The molecule has 0 aliphatic rings. The summed E-state index contributed by atoms with van der Waals surface area (Å²) in [7, 11) is 0. The van der Waals surface area contributed by atoms with Crippen molar-refractivity contribution in [2.24, 2.45) is 0 Å². The van der Waals surface area contributed by atoms with E-state index >= 15 is 0 Å². The van der Waals surface area contributed by atoms with Crippen molar-refractivity contribution < 1.29 is 24.2 Å². The number of carbonyl (C=O) groups is 2. The molecule has 0 spiro atoms. The molecule has 0 radical (unpaired) electrons. The molecule has 0 fully saturated rings. The highest BCUT2D eigenvalue weighted by Gasteiger charge is 2.15. The lowest BCUT2D eigenvalue weighted by Gasteiger charge is -2.15. The molecule has 0 aromatic carbocycles. The zero-order valence-electron chi connectivity index (χ0n) is 30.7. The molecule has 5 nitrogen and oxygen atoms in total. The molecule has 0 aliphatic heterocycles. The lowest BCUT2D eigenvalue weighted by atomic mass is 10.1. The second kappa shape index (κ2) is 38.5. The second-order valence-electron chi connectivity index (χ2n) is 12.3. The van der Waals surface area contributed by atoms with Crippen LogP contribution < -0.4 is 0 Å². The van der Waals surface area contributed by atoms with Gasteiger partial charge in [-0.3, -0.25) is 9.59 Å². The number of unbranched alkanes of at least 4 members (excludes halogenated alkanes) is 11. The first-order valence-electron chi connectivity index (χ1n) is 19.1. The largest absolute Gasteiger partial charge is 0.462 e. The van der Waals surface area contributed by atoms with Crippen molar-refractivity contribution in [3.05, 3.63) is 85.1 Å². The van der Waals surface area contributed by atoms with Crippen LogP contribution in [0, 0.1) is 0 Å². The van der Waals surface area contributed by atoms with Crippen molar-refractivity contribution in [1.29, 1.82) is 0 Å². The Balaban J connectivity index is 3.74. The summed E-state index contributed by atoms with van der Waals surface area (Å²) in [6.07, 6.45) is 52.2. The molecule has 48 heavy (non-hydrogen) atoms. The number of esters is 2. The summed E-state index contributed by atoms with van der Waals surface area (Å²) in [6.45, 7) is 3.92. The fourth-order valence-electron chi connectivity index (χ4n) is 4.81. The van der Waals surface area contributed by atoms with Crippen molar-refractivity contribution in [2.45, 2.75) is 161 Å². The van der Waals surface area contributed by atoms with Gasteiger partial charge < -0.3 is 14.6 Å². The molecule has 1 N–H and O–H groups in total. The van der Waals surface area contributed by atoms with E-state index < -0.39 is 6.10 Å². The molecule has 0 aromatic heterocycles. The summed E-state index contributed by atoms with van der Waals surface area (Å²) in [5, 5.41) is 9.53. The number of hydrogen-bond donors (Lipinski definition) is 1. The van der Waals surface area contributed by atoms with Crippen molar-refractivity contribution in [2.75, 3.05) is 13.2 Å². The Hall–Kier alpha value is -2.92. The molecule has 0 bridgehead atoms. The minimum atomic E-state index is -0.810. The number of carbonyl (C=O) groups excluding carboxylic acids is 2. The Labute approximate surface area is 295 Å². The number of ether oxygens (including phenoxy) is 2. The van der Waals surface area contributed by atoms with E-state index in [0.717, 1.165) is 64.2 Å². The van der Waals surface area contributed by atoms with E-state index in [2.05, 4.69) is 86.8 Å². The molecule has 1 atom stereocenters. The molecule has 0 aromatic rings. The van der Waals surface area contributed by atoms with Gasteiger partial charge in [0.15, 0.2) is 6.10 Å². The van der Waals surface area contributed by atoms with Gasteiger partial charge in [-0.25, -0.2) is 0 Å². The van der Waals surface area contributed by atoms with Crippen LogP contribution in [-0.2, 0) is 19.1 Å². The Kier molecular flexibility index (Phi) is 36.2. The van der Waals surface area contributed by atoms with Crippen LogP contribution >= 0.6 is 0 Å². The first-order valence-corrected chi connectivity index (χ1v) is 19.1. The van der Waals surface area contributed by atoms with Crippen LogP contribution in [0.2, 0.25) is 0 Å². The van der Waals surface area contributed by atoms with Gasteiger partial charge in [0.05, 0.1) is 6.61 Å². The topological polar surface area (TPSA) is 72.8 Å². The van der Waals surface area contributed by atoms with E-state index in [1.54, 1.807) is 0 Å². The van der Waals surface area contributed by atoms with Gasteiger partial charge in [0, 0.05) is 12.8 Å². The van der Waals surface area contributed by atoms with Gasteiger partial charge >= 0.3 is 11.9 Å². The average molecular weight is 667 g/mol. The van der Waals surface area contributed by atoms with Crippen LogP contribution in [0.4, 0.5) is 0 Å². The van der Waals surface area contributed by atoms with E-state index in [4.69, 9.17) is 9.47 Å². The summed E-state index contributed by atoms with van der Waals surface area (Å²) >= 11 is 0. The fraction of sp³-hybridized carbons (Fsp3) is 0.628. The fourth-order valence-corrected chi connectivity index (χ4v) is 4.81. The molecule has 0 aliphatic carbocycles. The second-order valence-corrected chi connectivity index (χ2v) is 12.3. The van der Waals surface area contributed by atoms with E-state index in [1.165, 1.54) is 57.8 Å². The van der Waals surface area contributed by atoms with Crippen LogP contribution in [0.5, 0.6) is 0 Å². The van der Waals surface area contributed by atoms with Gasteiger partial charge in [0.25, 0.3) is 0 Å². The Bertz CT molecular complexity index is 937. The molecule has 0 rings (SSSR count). The third-order valence-corrected chi connectivity index (χ3v) is 7.69. The lowest BCUT2D eigenvalue weighted by Crippen LogP contribution is -2.28. The number of aliphatic hydroxyl groups is 1. The zero-order valence-corrected chi connectivity index (χ0v) is 30.7. The Morgan fingerprint density at radius 2 is 0.938 bits per heavy atom.